The molecule has 2 aromatic heterocycles. The van der Waals surface area contributed by atoms with Gasteiger partial charge in [-0.3, -0.25) is 4.79 Å². The molecule has 1 aromatic carbocycles. The van der Waals surface area contributed by atoms with Gasteiger partial charge in [0.1, 0.15) is 23.5 Å². The molecule has 3 aromatic rings. The fourth-order valence-corrected chi connectivity index (χ4v) is 1.97. The highest BCUT2D eigenvalue weighted by atomic mass is 19.1. The van der Waals surface area contributed by atoms with Crippen LogP contribution in [0, 0.1) is 11.6 Å². The number of Topliss-reactive ketones (excluding diaryl/α,β-unsaturated/α-hetero) is 1. The molecule has 2 heterocycles. The normalized spacial score (nSPS) is 11.0. The van der Waals surface area contributed by atoms with Crippen LogP contribution < -0.4 is 5.73 Å². The number of imidazole rings is 1. The number of carbonyl (C=O) groups excluding carboxylic acids is 1. The Balaban J connectivity index is 1.97. The summed E-state index contributed by atoms with van der Waals surface area (Å²) in [6.45, 7) is -0.229. The minimum absolute atomic E-state index is 0.183. The van der Waals surface area contributed by atoms with Crippen LogP contribution in [-0.4, -0.2) is 25.3 Å². The molecule has 0 atom stereocenters. The lowest BCUT2D eigenvalue weighted by Gasteiger charge is -2.05. The summed E-state index contributed by atoms with van der Waals surface area (Å²) in [6.07, 6.45) is 2.59. The van der Waals surface area contributed by atoms with E-state index in [4.69, 9.17) is 5.73 Å². The van der Waals surface area contributed by atoms with Gasteiger partial charge < -0.3 is 10.3 Å². The molecule has 0 radical (unpaired) electrons. The van der Waals surface area contributed by atoms with Crippen molar-refractivity contribution in [3.63, 3.8) is 0 Å². The molecular weight excluding hydrogens is 280 g/mol. The van der Waals surface area contributed by atoms with Crippen LogP contribution in [0.1, 0.15) is 10.4 Å². The van der Waals surface area contributed by atoms with Crippen molar-refractivity contribution in [3.05, 3.63) is 48.1 Å². The van der Waals surface area contributed by atoms with Crippen LogP contribution in [0.3, 0.4) is 0 Å². The van der Waals surface area contributed by atoms with Crippen molar-refractivity contribution in [1.82, 2.24) is 19.5 Å². The first-order valence-corrected chi connectivity index (χ1v) is 5.96. The molecule has 0 spiro atoms. The number of benzene rings is 1. The highest BCUT2D eigenvalue weighted by molar-refractivity contribution is 5.97. The number of ketones is 1. The average molecular weight is 289 g/mol. The molecule has 21 heavy (non-hydrogen) atoms. The molecule has 6 nitrogen and oxygen atoms in total. The van der Waals surface area contributed by atoms with Gasteiger partial charge in [-0.2, -0.15) is 0 Å². The minimum Gasteiger partial charge on any atom is -0.382 e. The van der Waals surface area contributed by atoms with Gasteiger partial charge in [0.05, 0.1) is 18.4 Å². The van der Waals surface area contributed by atoms with E-state index in [1.165, 1.54) is 17.2 Å². The Hall–Kier alpha value is -2.90. The Morgan fingerprint density at radius 3 is 2.86 bits per heavy atom. The van der Waals surface area contributed by atoms with Crippen molar-refractivity contribution in [2.45, 2.75) is 6.54 Å². The Bertz CT molecular complexity index is 846. The fourth-order valence-electron chi connectivity index (χ4n) is 1.97. The van der Waals surface area contributed by atoms with Crippen LogP contribution in [0.15, 0.2) is 30.9 Å². The summed E-state index contributed by atoms with van der Waals surface area (Å²) in [5.74, 6) is -1.87. The maximum atomic E-state index is 13.6. The van der Waals surface area contributed by atoms with Crippen molar-refractivity contribution in [2.75, 3.05) is 5.73 Å². The standard InChI is InChI=1S/C13H9F2N5O/c14-7-1-2-9(15)8(3-7)10(21)4-20-6-19-11-12(16)17-5-18-13(11)20/h1-3,5-6H,4H2,(H2,16,17,18). The second-order valence-electron chi connectivity index (χ2n) is 4.35. The number of anilines is 1. The summed E-state index contributed by atoms with van der Waals surface area (Å²) in [5.41, 5.74) is 6.02. The summed E-state index contributed by atoms with van der Waals surface area (Å²) in [4.78, 5) is 23.8. The fraction of sp³-hybridized carbons (Fsp3) is 0.0769. The lowest BCUT2D eigenvalue weighted by Crippen LogP contribution is -2.12. The van der Waals surface area contributed by atoms with Crippen LogP contribution >= 0.6 is 0 Å². The molecular formula is C13H9F2N5O. The molecule has 0 fully saturated rings. The van der Waals surface area contributed by atoms with Crippen molar-refractivity contribution in [1.29, 1.82) is 0 Å². The third-order valence-corrected chi connectivity index (χ3v) is 2.97. The van der Waals surface area contributed by atoms with E-state index in [1.807, 2.05) is 0 Å². The highest BCUT2D eigenvalue weighted by Gasteiger charge is 2.16. The van der Waals surface area contributed by atoms with Gasteiger partial charge in [-0.15, -0.1) is 0 Å². The number of nitrogens with zero attached hydrogens (tertiary/aromatic N) is 4. The molecule has 106 valence electrons. The summed E-state index contributed by atoms with van der Waals surface area (Å²) >= 11 is 0. The SMILES string of the molecule is Nc1ncnc2c1ncn2CC(=O)c1cc(F)ccc1F. The minimum atomic E-state index is -0.778. The number of hydrogen-bond donors (Lipinski definition) is 1. The van der Waals surface area contributed by atoms with Crippen LogP contribution in [0.2, 0.25) is 0 Å². The molecule has 0 unspecified atom stereocenters. The van der Waals surface area contributed by atoms with Gasteiger partial charge >= 0.3 is 0 Å². The first kappa shape index (κ1) is 13.1. The Morgan fingerprint density at radius 1 is 1.24 bits per heavy atom. The molecule has 0 amide bonds. The van der Waals surface area contributed by atoms with E-state index in [0.717, 1.165) is 18.2 Å². The first-order chi connectivity index (χ1) is 10.1. The predicted octanol–water partition coefficient (Wildman–Crippen LogP) is 1.57. The molecule has 2 N–H and O–H groups in total. The highest BCUT2D eigenvalue weighted by Crippen LogP contribution is 2.16. The van der Waals surface area contributed by atoms with Crippen LogP contribution in [-0.2, 0) is 6.54 Å². The maximum absolute atomic E-state index is 13.6. The van der Waals surface area contributed by atoms with E-state index in [-0.39, 0.29) is 17.9 Å². The summed E-state index contributed by atoms with van der Waals surface area (Å²) < 4.78 is 28.1. The van der Waals surface area contributed by atoms with Crippen molar-refractivity contribution in [3.8, 4) is 0 Å². The van der Waals surface area contributed by atoms with Gasteiger partial charge in [0, 0.05) is 0 Å². The monoisotopic (exact) mass is 289 g/mol. The molecule has 8 heteroatoms. The number of fused-ring (bicyclic) bond motifs is 1. The zero-order chi connectivity index (χ0) is 15.0. The largest absolute Gasteiger partial charge is 0.382 e. The molecule has 0 saturated carbocycles. The zero-order valence-corrected chi connectivity index (χ0v) is 10.6. The van der Waals surface area contributed by atoms with E-state index in [9.17, 15) is 13.6 Å². The Morgan fingerprint density at radius 2 is 2.05 bits per heavy atom. The quantitative estimate of drug-likeness (QED) is 0.739. The van der Waals surface area contributed by atoms with Gasteiger partial charge in [0.25, 0.3) is 0 Å². The second-order valence-corrected chi connectivity index (χ2v) is 4.35. The van der Waals surface area contributed by atoms with E-state index in [2.05, 4.69) is 15.0 Å². The smallest absolute Gasteiger partial charge is 0.185 e. The van der Waals surface area contributed by atoms with Gasteiger partial charge in [0.15, 0.2) is 17.2 Å². The molecule has 0 aliphatic rings. The van der Waals surface area contributed by atoms with E-state index < -0.39 is 17.4 Å². The number of nitrogen functional groups attached to an aromatic ring is 1. The Kier molecular flexibility index (Phi) is 3.05. The van der Waals surface area contributed by atoms with Crippen LogP contribution in [0.4, 0.5) is 14.6 Å². The maximum Gasteiger partial charge on any atom is 0.185 e. The van der Waals surface area contributed by atoms with Gasteiger partial charge in [-0.05, 0) is 18.2 Å². The summed E-state index contributed by atoms with van der Waals surface area (Å²) in [5, 5.41) is 0. The molecule has 3 rings (SSSR count). The van der Waals surface area contributed by atoms with Gasteiger partial charge in [-0.1, -0.05) is 0 Å². The number of aromatic nitrogens is 4. The van der Waals surface area contributed by atoms with E-state index in [0.29, 0.717) is 11.2 Å². The number of hydrogen-bond acceptors (Lipinski definition) is 5. The number of halogens is 2. The van der Waals surface area contributed by atoms with Crippen LogP contribution in [0.25, 0.3) is 11.2 Å². The van der Waals surface area contributed by atoms with Crippen molar-refractivity contribution >= 4 is 22.8 Å². The average Bonchev–Trinajstić information content (AvgIpc) is 2.86. The van der Waals surface area contributed by atoms with Crippen molar-refractivity contribution in [2.24, 2.45) is 0 Å². The van der Waals surface area contributed by atoms with E-state index in [1.54, 1.807) is 0 Å². The third-order valence-electron chi connectivity index (χ3n) is 2.97. The Labute approximate surface area is 117 Å². The molecule has 0 bridgehead atoms. The molecule has 0 aliphatic heterocycles. The molecule has 0 saturated heterocycles. The number of rotatable bonds is 3. The second kappa shape index (κ2) is 4.89. The van der Waals surface area contributed by atoms with Crippen LogP contribution in [0.5, 0.6) is 0 Å². The summed E-state index contributed by atoms with van der Waals surface area (Å²) in [7, 11) is 0. The predicted molar refractivity (Wildman–Crippen MR) is 70.4 cm³/mol. The third kappa shape index (κ3) is 2.31. The molecule has 0 aliphatic carbocycles. The lowest BCUT2D eigenvalue weighted by atomic mass is 10.1. The topological polar surface area (TPSA) is 86.7 Å². The van der Waals surface area contributed by atoms with Gasteiger partial charge in [-0.25, -0.2) is 23.7 Å². The van der Waals surface area contributed by atoms with Crippen molar-refractivity contribution < 1.29 is 13.6 Å². The first-order valence-electron chi connectivity index (χ1n) is 5.96. The zero-order valence-electron chi connectivity index (χ0n) is 10.6. The lowest BCUT2D eigenvalue weighted by molar-refractivity contribution is 0.0968. The van der Waals surface area contributed by atoms with Gasteiger partial charge in [0.2, 0.25) is 0 Å². The summed E-state index contributed by atoms with van der Waals surface area (Å²) in [6, 6.07) is 2.72. The van der Waals surface area contributed by atoms with E-state index >= 15 is 0 Å². The number of carbonyl (C=O) groups is 1. The number of nitrogens with two attached hydrogens (primary N) is 1.